The molecule has 2 aromatic heterocycles. The minimum absolute atomic E-state index is 0.157. The number of hydrogen-bond donors (Lipinski definition) is 4. The normalized spacial score (nSPS) is 10.7. The molecule has 0 bridgehead atoms. The zero-order chi connectivity index (χ0) is 13.2. The van der Waals surface area contributed by atoms with Crippen LogP contribution in [0.25, 0.3) is 10.9 Å². The highest BCUT2D eigenvalue weighted by Crippen LogP contribution is 2.18. The maximum absolute atomic E-state index is 12.0. The molecular weight excluding hydrogens is 242 g/mol. The monoisotopic (exact) mass is 255 g/mol. The number of aromatic nitrogens is 3. The molecule has 1 aromatic carbocycles. The Bertz CT molecular complexity index is 714. The largest absolute Gasteiger partial charge is 0.399 e. The van der Waals surface area contributed by atoms with Gasteiger partial charge in [-0.2, -0.15) is 5.10 Å². The highest BCUT2D eigenvalue weighted by molar-refractivity contribution is 5.98. The summed E-state index contributed by atoms with van der Waals surface area (Å²) in [5, 5.41) is 10.3. The molecule has 0 spiro atoms. The fraction of sp³-hybridized carbons (Fsp3) is 0.0769. The van der Waals surface area contributed by atoms with Crippen molar-refractivity contribution < 1.29 is 4.79 Å². The van der Waals surface area contributed by atoms with Gasteiger partial charge in [0, 0.05) is 34.9 Å². The maximum atomic E-state index is 12.0. The lowest BCUT2D eigenvalue weighted by Crippen LogP contribution is -2.22. The number of H-pyrrole nitrogens is 2. The first kappa shape index (κ1) is 11.3. The summed E-state index contributed by atoms with van der Waals surface area (Å²) in [5.74, 6) is -0.157. The second-order valence-corrected chi connectivity index (χ2v) is 4.32. The van der Waals surface area contributed by atoms with E-state index in [0.717, 1.165) is 16.5 Å². The average molecular weight is 255 g/mol. The second-order valence-electron chi connectivity index (χ2n) is 4.32. The van der Waals surface area contributed by atoms with Gasteiger partial charge in [0.2, 0.25) is 0 Å². The molecule has 0 aliphatic rings. The molecule has 6 heteroatoms. The van der Waals surface area contributed by atoms with Crippen molar-refractivity contribution in [1.29, 1.82) is 0 Å². The first-order valence-electron chi connectivity index (χ1n) is 5.86. The average Bonchev–Trinajstić information content (AvgIpc) is 3.04. The van der Waals surface area contributed by atoms with Crippen molar-refractivity contribution >= 4 is 22.5 Å². The van der Waals surface area contributed by atoms with Crippen LogP contribution in [0.2, 0.25) is 0 Å². The predicted molar refractivity (Wildman–Crippen MR) is 72.5 cm³/mol. The van der Waals surface area contributed by atoms with Crippen molar-refractivity contribution in [3.8, 4) is 0 Å². The molecule has 3 aromatic rings. The van der Waals surface area contributed by atoms with Crippen LogP contribution in [0.4, 0.5) is 5.69 Å². The number of nitrogens with two attached hydrogens (primary N) is 1. The van der Waals surface area contributed by atoms with Crippen molar-refractivity contribution in [2.45, 2.75) is 6.54 Å². The third-order valence-electron chi connectivity index (χ3n) is 2.90. The third-order valence-corrected chi connectivity index (χ3v) is 2.90. The molecule has 0 saturated carbocycles. The molecule has 2 heterocycles. The molecule has 1 amide bonds. The van der Waals surface area contributed by atoms with E-state index in [4.69, 9.17) is 5.73 Å². The van der Waals surface area contributed by atoms with Gasteiger partial charge >= 0.3 is 0 Å². The molecule has 0 fully saturated rings. The number of amides is 1. The van der Waals surface area contributed by atoms with E-state index >= 15 is 0 Å². The van der Waals surface area contributed by atoms with Gasteiger partial charge in [0.1, 0.15) is 5.69 Å². The number of fused-ring (bicyclic) bond motifs is 1. The van der Waals surface area contributed by atoms with E-state index in [1.165, 1.54) is 0 Å². The summed E-state index contributed by atoms with van der Waals surface area (Å²) in [4.78, 5) is 15.1. The number of carbonyl (C=O) groups is 1. The smallest absolute Gasteiger partial charge is 0.267 e. The third kappa shape index (κ3) is 2.28. The van der Waals surface area contributed by atoms with E-state index in [9.17, 15) is 4.79 Å². The van der Waals surface area contributed by atoms with Gasteiger partial charge in [-0.1, -0.05) is 0 Å². The van der Waals surface area contributed by atoms with Crippen molar-refractivity contribution in [3.05, 3.63) is 47.9 Å². The summed E-state index contributed by atoms with van der Waals surface area (Å²) >= 11 is 0. The molecular formula is C13H13N5O. The number of nitrogens with one attached hydrogen (secondary N) is 3. The van der Waals surface area contributed by atoms with Crippen LogP contribution < -0.4 is 11.1 Å². The second kappa shape index (κ2) is 4.49. The van der Waals surface area contributed by atoms with Crippen LogP contribution in [0.15, 0.2) is 36.7 Å². The topological polar surface area (TPSA) is 99.6 Å². The van der Waals surface area contributed by atoms with Crippen molar-refractivity contribution in [3.63, 3.8) is 0 Å². The Balaban J connectivity index is 1.77. The first-order chi connectivity index (χ1) is 9.22. The van der Waals surface area contributed by atoms with Gasteiger partial charge in [-0.05, 0) is 24.3 Å². The fourth-order valence-electron chi connectivity index (χ4n) is 1.93. The van der Waals surface area contributed by atoms with E-state index < -0.39 is 0 Å². The Labute approximate surface area is 109 Å². The van der Waals surface area contributed by atoms with Gasteiger partial charge in [-0.3, -0.25) is 9.89 Å². The van der Waals surface area contributed by atoms with Crippen LogP contribution in [0, 0.1) is 0 Å². The zero-order valence-corrected chi connectivity index (χ0v) is 10.1. The molecule has 5 N–H and O–H groups in total. The summed E-state index contributed by atoms with van der Waals surface area (Å²) in [7, 11) is 0. The van der Waals surface area contributed by atoms with Crippen LogP contribution >= 0.6 is 0 Å². The van der Waals surface area contributed by atoms with Crippen LogP contribution in [0.5, 0.6) is 0 Å². The van der Waals surface area contributed by atoms with Crippen molar-refractivity contribution in [2.24, 2.45) is 0 Å². The molecule has 0 radical (unpaired) electrons. The Hall–Kier alpha value is -2.76. The van der Waals surface area contributed by atoms with E-state index in [0.29, 0.717) is 17.9 Å². The number of carbonyl (C=O) groups excluding carboxylic acids is 1. The zero-order valence-electron chi connectivity index (χ0n) is 10.1. The molecule has 0 atom stereocenters. The molecule has 6 nitrogen and oxygen atoms in total. The summed E-state index contributed by atoms with van der Waals surface area (Å²) in [5.41, 5.74) is 8.72. The van der Waals surface area contributed by atoms with Crippen LogP contribution in [-0.2, 0) is 6.54 Å². The summed E-state index contributed by atoms with van der Waals surface area (Å²) in [6.45, 7) is 0.437. The number of benzene rings is 1. The quantitative estimate of drug-likeness (QED) is 0.532. The lowest BCUT2D eigenvalue weighted by molar-refractivity contribution is 0.0947. The highest BCUT2D eigenvalue weighted by Gasteiger charge is 2.09. The minimum Gasteiger partial charge on any atom is -0.399 e. The number of hydrogen-bond acceptors (Lipinski definition) is 3. The maximum Gasteiger partial charge on any atom is 0.267 e. The van der Waals surface area contributed by atoms with Crippen molar-refractivity contribution in [2.75, 3.05) is 5.73 Å². The fourth-order valence-corrected chi connectivity index (χ4v) is 1.93. The molecule has 19 heavy (non-hydrogen) atoms. The van der Waals surface area contributed by atoms with E-state index in [-0.39, 0.29) is 5.91 Å². The SMILES string of the molecule is Nc1ccc2[nH]c(C(=O)NCc3cn[nH]c3)cc2c1. The van der Waals surface area contributed by atoms with E-state index in [1.807, 2.05) is 12.1 Å². The molecule has 0 saturated heterocycles. The highest BCUT2D eigenvalue weighted by atomic mass is 16.1. The number of aromatic amines is 2. The summed E-state index contributed by atoms with van der Waals surface area (Å²) in [6.07, 6.45) is 3.42. The Morgan fingerprint density at radius 2 is 2.26 bits per heavy atom. The Morgan fingerprint density at radius 3 is 3.05 bits per heavy atom. The molecule has 0 aliphatic heterocycles. The van der Waals surface area contributed by atoms with Gasteiger partial charge in [-0.25, -0.2) is 0 Å². The van der Waals surface area contributed by atoms with Crippen LogP contribution in [-0.4, -0.2) is 21.1 Å². The van der Waals surface area contributed by atoms with Crippen molar-refractivity contribution in [1.82, 2.24) is 20.5 Å². The molecule has 3 rings (SSSR count). The number of nitrogen functional groups attached to an aromatic ring is 1. The minimum atomic E-state index is -0.157. The standard InChI is InChI=1S/C13H13N5O/c14-10-1-2-11-9(3-10)4-12(18-11)13(19)15-5-8-6-16-17-7-8/h1-4,6-7,18H,5,14H2,(H,15,19)(H,16,17). The molecule has 0 aliphatic carbocycles. The van der Waals surface area contributed by atoms with Gasteiger partial charge in [0.25, 0.3) is 5.91 Å². The van der Waals surface area contributed by atoms with Crippen LogP contribution in [0.3, 0.4) is 0 Å². The number of anilines is 1. The van der Waals surface area contributed by atoms with Gasteiger partial charge in [0.05, 0.1) is 6.20 Å². The van der Waals surface area contributed by atoms with E-state index in [2.05, 4.69) is 20.5 Å². The van der Waals surface area contributed by atoms with E-state index in [1.54, 1.807) is 24.5 Å². The number of rotatable bonds is 3. The Morgan fingerprint density at radius 1 is 1.37 bits per heavy atom. The Kier molecular flexibility index (Phi) is 2.68. The summed E-state index contributed by atoms with van der Waals surface area (Å²) < 4.78 is 0. The lowest BCUT2D eigenvalue weighted by atomic mass is 10.2. The first-order valence-corrected chi connectivity index (χ1v) is 5.86. The van der Waals surface area contributed by atoms with Gasteiger partial charge < -0.3 is 16.0 Å². The molecule has 96 valence electrons. The molecule has 0 unspecified atom stereocenters. The number of nitrogens with zero attached hydrogens (tertiary/aromatic N) is 1. The predicted octanol–water partition coefficient (Wildman–Crippen LogP) is 1.40. The van der Waals surface area contributed by atoms with Gasteiger partial charge in [0.15, 0.2) is 0 Å². The van der Waals surface area contributed by atoms with Gasteiger partial charge in [-0.15, -0.1) is 0 Å². The lowest BCUT2D eigenvalue weighted by Gasteiger charge is -2.00. The summed E-state index contributed by atoms with van der Waals surface area (Å²) in [6, 6.07) is 7.28. The van der Waals surface area contributed by atoms with Crippen LogP contribution in [0.1, 0.15) is 16.1 Å².